The Hall–Kier alpha value is -2.18. The predicted octanol–water partition coefficient (Wildman–Crippen LogP) is 3.28. The van der Waals surface area contributed by atoms with Crippen LogP contribution in [-0.4, -0.2) is 18.9 Å². The molecule has 0 atom stereocenters. The highest BCUT2D eigenvalue weighted by Crippen LogP contribution is 2.08. The molecule has 0 radical (unpaired) electrons. The van der Waals surface area contributed by atoms with Crippen molar-refractivity contribution in [1.82, 2.24) is 0 Å². The molecule has 2 N–H and O–H groups in total. The molecule has 0 spiro atoms. The van der Waals surface area contributed by atoms with E-state index in [1.807, 2.05) is 44.2 Å². The van der Waals surface area contributed by atoms with Gasteiger partial charge in [0.05, 0.1) is 4.90 Å². The van der Waals surface area contributed by atoms with Gasteiger partial charge in [0.25, 0.3) is 10.1 Å². The number of nitrogens with one attached hydrogen (secondary N) is 1. The van der Waals surface area contributed by atoms with E-state index in [0.717, 1.165) is 11.3 Å². The van der Waals surface area contributed by atoms with Gasteiger partial charge in [0.2, 0.25) is 5.91 Å². The Morgan fingerprint density at radius 3 is 2.05 bits per heavy atom. The average Bonchev–Trinajstić information content (AvgIpc) is 2.48. The SMILES string of the molecule is CCC(=O)Nc1ccccc1.Cc1ccc(S(=O)(=O)O)cc1. The number of hydrogen-bond acceptors (Lipinski definition) is 3. The largest absolute Gasteiger partial charge is 0.326 e. The molecular formula is C16H19NO4S. The number of aryl methyl sites for hydroxylation is 1. The maximum absolute atomic E-state index is 10.9. The minimum atomic E-state index is -4.02. The van der Waals surface area contributed by atoms with Crippen molar-refractivity contribution in [2.24, 2.45) is 0 Å². The van der Waals surface area contributed by atoms with Gasteiger partial charge in [-0.15, -0.1) is 0 Å². The number of anilines is 1. The van der Waals surface area contributed by atoms with Crippen molar-refractivity contribution in [2.75, 3.05) is 5.32 Å². The zero-order valence-corrected chi connectivity index (χ0v) is 13.3. The van der Waals surface area contributed by atoms with Gasteiger partial charge in [0.1, 0.15) is 0 Å². The number of amides is 1. The van der Waals surface area contributed by atoms with E-state index in [4.69, 9.17) is 4.55 Å². The van der Waals surface area contributed by atoms with E-state index in [1.165, 1.54) is 12.1 Å². The zero-order chi connectivity index (χ0) is 16.6. The Labute approximate surface area is 130 Å². The van der Waals surface area contributed by atoms with E-state index in [0.29, 0.717) is 6.42 Å². The summed E-state index contributed by atoms with van der Waals surface area (Å²) in [6, 6.07) is 15.4. The normalized spacial score (nSPS) is 10.3. The van der Waals surface area contributed by atoms with Gasteiger partial charge in [-0.25, -0.2) is 0 Å². The molecule has 118 valence electrons. The lowest BCUT2D eigenvalue weighted by atomic mass is 10.2. The standard InChI is InChI=1S/C9H11NO.C7H8O3S/c1-2-9(11)10-8-6-4-3-5-7-8;1-6-2-4-7(5-3-6)11(8,9)10/h3-7H,2H2,1H3,(H,10,11);2-5H,1H3,(H,8,9,10). The molecule has 0 aliphatic heterocycles. The first-order valence-electron chi connectivity index (χ1n) is 6.72. The molecule has 0 heterocycles. The molecule has 0 saturated heterocycles. The van der Waals surface area contributed by atoms with Gasteiger partial charge in [-0.1, -0.05) is 42.8 Å². The van der Waals surface area contributed by atoms with E-state index in [9.17, 15) is 13.2 Å². The van der Waals surface area contributed by atoms with Crippen LogP contribution in [0.15, 0.2) is 59.5 Å². The Kier molecular flexibility index (Phi) is 6.75. The molecule has 5 nitrogen and oxygen atoms in total. The maximum Gasteiger partial charge on any atom is 0.294 e. The Balaban J connectivity index is 0.000000220. The fourth-order valence-electron chi connectivity index (χ4n) is 1.48. The van der Waals surface area contributed by atoms with Crippen molar-refractivity contribution in [2.45, 2.75) is 25.2 Å². The first-order valence-corrected chi connectivity index (χ1v) is 8.16. The third-order valence-corrected chi connectivity index (χ3v) is 3.57. The molecule has 0 aliphatic rings. The lowest BCUT2D eigenvalue weighted by Crippen LogP contribution is -2.08. The monoisotopic (exact) mass is 321 g/mol. The third kappa shape index (κ3) is 6.51. The number of carbonyl (C=O) groups excluding carboxylic acids is 1. The summed E-state index contributed by atoms with van der Waals surface area (Å²) in [5.41, 5.74) is 1.82. The van der Waals surface area contributed by atoms with Gasteiger partial charge in [-0.3, -0.25) is 9.35 Å². The smallest absolute Gasteiger partial charge is 0.294 e. The summed E-state index contributed by atoms with van der Waals surface area (Å²) >= 11 is 0. The molecule has 2 aromatic carbocycles. The quantitative estimate of drug-likeness (QED) is 0.850. The lowest BCUT2D eigenvalue weighted by Gasteiger charge is -2.00. The van der Waals surface area contributed by atoms with Crippen LogP contribution in [0, 0.1) is 6.92 Å². The highest BCUT2D eigenvalue weighted by molar-refractivity contribution is 7.85. The van der Waals surface area contributed by atoms with E-state index < -0.39 is 10.1 Å². The summed E-state index contributed by atoms with van der Waals surface area (Å²) < 4.78 is 29.6. The van der Waals surface area contributed by atoms with Crippen LogP contribution in [0.25, 0.3) is 0 Å². The second-order valence-electron chi connectivity index (χ2n) is 4.56. The summed E-state index contributed by atoms with van der Waals surface area (Å²) in [5, 5.41) is 2.75. The summed E-state index contributed by atoms with van der Waals surface area (Å²) in [7, 11) is -4.02. The number of hydrogen-bond donors (Lipinski definition) is 2. The van der Waals surface area contributed by atoms with Crippen molar-refractivity contribution >= 4 is 21.7 Å². The van der Waals surface area contributed by atoms with Crippen molar-refractivity contribution in [3.05, 3.63) is 60.2 Å². The summed E-state index contributed by atoms with van der Waals surface area (Å²) in [5.74, 6) is 0.0520. The van der Waals surface area contributed by atoms with Crippen LogP contribution >= 0.6 is 0 Å². The highest BCUT2D eigenvalue weighted by Gasteiger charge is 2.06. The second kappa shape index (κ2) is 8.31. The Morgan fingerprint density at radius 2 is 1.59 bits per heavy atom. The van der Waals surface area contributed by atoms with Crippen LogP contribution in [0.4, 0.5) is 5.69 Å². The highest BCUT2D eigenvalue weighted by atomic mass is 32.2. The van der Waals surface area contributed by atoms with Crippen molar-refractivity contribution in [3.8, 4) is 0 Å². The number of benzene rings is 2. The van der Waals surface area contributed by atoms with Gasteiger partial charge in [-0.2, -0.15) is 8.42 Å². The molecular weight excluding hydrogens is 302 g/mol. The molecule has 6 heteroatoms. The molecule has 0 unspecified atom stereocenters. The van der Waals surface area contributed by atoms with Crippen LogP contribution in [-0.2, 0) is 14.9 Å². The number of rotatable bonds is 3. The fraction of sp³-hybridized carbons (Fsp3) is 0.188. The molecule has 1 amide bonds. The molecule has 0 fully saturated rings. The molecule has 0 aromatic heterocycles. The molecule has 2 aromatic rings. The van der Waals surface area contributed by atoms with Crippen LogP contribution in [0.1, 0.15) is 18.9 Å². The van der Waals surface area contributed by atoms with Crippen LogP contribution < -0.4 is 5.32 Å². The lowest BCUT2D eigenvalue weighted by molar-refractivity contribution is -0.115. The van der Waals surface area contributed by atoms with E-state index >= 15 is 0 Å². The maximum atomic E-state index is 10.9. The fourth-order valence-corrected chi connectivity index (χ4v) is 1.96. The zero-order valence-electron chi connectivity index (χ0n) is 12.5. The first kappa shape index (κ1) is 17.9. The van der Waals surface area contributed by atoms with Gasteiger partial charge < -0.3 is 5.32 Å². The molecule has 0 aliphatic carbocycles. The third-order valence-electron chi connectivity index (χ3n) is 2.70. The van der Waals surface area contributed by atoms with Gasteiger partial charge in [0, 0.05) is 12.1 Å². The Bertz CT molecular complexity index is 695. The van der Waals surface area contributed by atoms with Crippen LogP contribution in [0.3, 0.4) is 0 Å². The Morgan fingerprint density at radius 1 is 1.05 bits per heavy atom. The topological polar surface area (TPSA) is 83.5 Å². The van der Waals surface area contributed by atoms with Gasteiger partial charge in [-0.05, 0) is 31.2 Å². The van der Waals surface area contributed by atoms with Crippen molar-refractivity contribution in [3.63, 3.8) is 0 Å². The molecule has 22 heavy (non-hydrogen) atoms. The number of para-hydroxylation sites is 1. The van der Waals surface area contributed by atoms with Gasteiger partial charge in [0.15, 0.2) is 0 Å². The summed E-state index contributed by atoms with van der Waals surface area (Å²) in [6.45, 7) is 3.67. The number of carbonyl (C=O) groups is 1. The van der Waals surface area contributed by atoms with Crippen molar-refractivity contribution < 1.29 is 17.8 Å². The minimum absolute atomic E-state index is 0.0520. The van der Waals surface area contributed by atoms with E-state index in [1.54, 1.807) is 12.1 Å². The minimum Gasteiger partial charge on any atom is -0.326 e. The molecule has 0 bridgehead atoms. The molecule has 0 saturated carbocycles. The second-order valence-corrected chi connectivity index (χ2v) is 5.98. The molecule has 2 rings (SSSR count). The summed E-state index contributed by atoms with van der Waals surface area (Å²) in [6.07, 6.45) is 0.523. The predicted molar refractivity (Wildman–Crippen MR) is 86.4 cm³/mol. The van der Waals surface area contributed by atoms with E-state index in [-0.39, 0.29) is 10.8 Å². The summed E-state index contributed by atoms with van der Waals surface area (Å²) in [4.78, 5) is 10.8. The van der Waals surface area contributed by atoms with Crippen LogP contribution in [0.2, 0.25) is 0 Å². The van der Waals surface area contributed by atoms with Crippen molar-refractivity contribution in [1.29, 1.82) is 0 Å². The van der Waals surface area contributed by atoms with Gasteiger partial charge >= 0.3 is 0 Å². The van der Waals surface area contributed by atoms with Crippen LogP contribution in [0.5, 0.6) is 0 Å². The first-order chi connectivity index (χ1) is 10.3. The average molecular weight is 321 g/mol. The van der Waals surface area contributed by atoms with E-state index in [2.05, 4.69) is 5.32 Å².